The number of nitrogens with zero attached hydrogens (tertiary/aromatic N) is 3. The van der Waals surface area contributed by atoms with E-state index in [-0.39, 0.29) is 11.9 Å². The van der Waals surface area contributed by atoms with E-state index in [1.807, 2.05) is 25.5 Å². The molecule has 0 bridgehead atoms. The Morgan fingerprint density at radius 1 is 1.27 bits per heavy atom. The van der Waals surface area contributed by atoms with E-state index >= 15 is 0 Å². The predicted molar refractivity (Wildman–Crippen MR) is 91.5 cm³/mol. The number of benzene rings is 1. The molecule has 1 amide bonds. The van der Waals surface area contributed by atoms with Crippen LogP contribution in [0, 0.1) is 0 Å². The molecule has 4 nitrogen and oxygen atoms in total. The van der Waals surface area contributed by atoms with Crippen molar-refractivity contribution in [1.82, 2.24) is 5.01 Å². The first-order chi connectivity index (χ1) is 10.6. The highest BCUT2D eigenvalue weighted by Gasteiger charge is 2.31. The number of hydrazone groups is 1. The summed E-state index contributed by atoms with van der Waals surface area (Å²) in [5, 5.41) is 8.19. The molecule has 114 valence electrons. The Kier molecular flexibility index (Phi) is 3.98. The van der Waals surface area contributed by atoms with Crippen molar-refractivity contribution in [3.8, 4) is 0 Å². The number of hydrogen-bond acceptors (Lipinski definition) is 4. The van der Waals surface area contributed by atoms with Crippen molar-refractivity contribution in [2.45, 2.75) is 19.4 Å². The lowest BCUT2D eigenvalue weighted by molar-refractivity contribution is -0.130. The van der Waals surface area contributed by atoms with Crippen molar-refractivity contribution in [1.29, 1.82) is 0 Å². The summed E-state index contributed by atoms with van der Waals surface area (Å²) in [5.74, 6) is -0.0201. The van der Waals surface area contributed by atoms with Gasteiger partial charge in [0.25, 0.3) is 0 Å². The number of amides is 1. The van der Waals surface area contributed by atoms with Crippen molar-refractivity contribution in [3.05, 3.63) is 52.2 Å². The van der Waals surface area contributed by atoms with E-state index in [0.717, 1.165) is 28.3 Å². The molecular formula is C17H19N3OS. The highest BCUT2D eigenvalue weighted by Crippen LogP contribution is 2.34. The number of carbonyl (C=O) groups excluding carboxylic acids is 1. The Hall–Kier alpha value is -2.14. The average Bonchev–Trinajstić information content (AvgIpc) is 3.16. The zero-order valence-electron chi connectivity index (χ0n) is 13.0. The Balaban J connectivity index is 1.88. The van der Waals surface area contributed by atoms with E-state index in [2.05, 4.69) is 40.3 Å². The Bertz CT molecular complexity index is 689. The van der Waals surface area contributed by atoms with Crippen molar-refractivity contribution in [2.75, 3.05) is 19.0 Å². The normalized spacial score (nSPS) is 17.5. The van der Waals surface area contributed by atoms with Crippen molar-refractivity contribution in [3.63, 3.8) is 0 Å². The van der Waals surface area contributed by atoms with Gasteiger partial charge in [0.2, 0.25) is 5.91 Å². The third kappa shape index (κ3) is 2.76. The molecule has 0 radical (unpaired) electrons. The number of rotatable bonds is 3. The zero-order chi connectivity index (χ0) is 15.7. The molecule has 2 aromatic rings. The van der Waals surface area contributed by atoms with Crippen LogP contribution in [0.3, 0.4) is 0 Å². The van der Waals surface area contributed by atoms with Crippen LogP contribution in [-0.2, 0) is 4.79 Å². The number of hydrogen-bond donors (Lipinski definition) is 0. The molecule has 3 rings (SSSR count). The largest absolute Gasteiger partial charge is 0.378 e. The summed E-state index contributed by atoms with van der Waals surface area (Å²) in [7, 11) is 4.04. The predicted octanol–water partition coefficient (Wildman–Crippen LogP) is 3.51. The molecule has 0 saturated carbocycles. The van der Waals surface area contributed by atoms with E-state index in [9.17, 15) is 4.79 Å². The molecule has 0 saturated heterocycles. The number of carbonyl (C=O) groups is 1. The van der Waals surface area contributed by atoms with Gasteiger partial charge in [0, 0.05) is 33.1 Å². The van der Waals surface area contributed by atoms with E-state index in [4.69, 9.17) is 0 Å². The van der Waals surface area contributed by atoms with Crippen LogP contribution in [0.2, 0.25) is 0 Å². The second kappa shape index (κ2) is 5.93. The first-order valence-electron chi connectivity index (χ1n) is 7.24. The van der Waals surface area contributed by atoms with Crippen LogP contribution in [0.1, 0.15) is 29.8 Å². The average molecular weight is 313 g/mol. The summed E-state index contributed by atoms with van der Waals surface area (Å²) in [4.78, 5) is 15.1. The van der Waals surface area contributed by atoms with Crippen molar-refractivity contribution >= 4 is 28.6 Å². The van der Waals surface area contributed by atoms with Gasteiger partial charge < -0.3 is 4.90 Å². The molecule has 1 aromatic heterocycles. The van der Waals surface area contributed by atoms with Crippen LogP contribution in [-0.4, -0.2) is 30.7 Å². The highest BCUT2D eigenvalue weighted by molar-refractivity contribution is 7.12. The molecular weight excluding hydrogens is 294 g/mol. The van der Waals surface area contributed by atoms with Gasteiger partial charge in [-0.05, 0) is 29.1 Å². The molecule has 0 fully saturated rings. The number of thiophene rings is 1. The maximum Gasteiger partial charge on any atom is 0.240 e. The maximum atomic E-state index is 11.9. The monoisotopic (exact) mass is 313 g/mol. The van der Waals surface area contributed by atoms with Crippen molar-refractivity contribution < 1.29 is 4.79 Å². The summed E-state index contributed by atoms with van der Waals surface area (Å²) in [6.45, 7) is 1.57. The van der Waals surface area contributed by atoms with Gasteiger partial charge in [0.05, 0.1) is 16.6 Å². The first kappa shape index (κ1) is 14.8. The molecule has 1 atom stereocenters. The van der Waals surface area contributed by atoms with Crippen LogP contribution in [0.4, 0.5) is 5.69 Å². The Morgan fingerprint density at radius 2 is 2.00 bits per heavy atom. The van der Waals surface area contributed by atoms with Gasteiger partial charge in [-0.3, -0.25) is 4.79 Å². The highest BCUT2D eigenvalue weighted by atomic mass is 32.1. The molecule has 22 heavy (non-hydrogen) atoms. The van der Waals surface area contributed by atoms with Gasteiger partial charge in [-0.15, -0.1) is 11.3 Å². The Morgan fingerprint density at radius 3 is 2.55 bits per heavy atom. The summed E-state index contributed by atoms with van der Waals surface area (Å²) in [6, 6.07) is 12.4. The molecule has 0 spiro atoms. The molecule has 0 aliphatic carbocycles. The number of anilines is 1. The summed E-state index contributed by atoms with van der Waals surface area (Å²) < 4.78 is 0. The fraction of sp³-hybridized carbons (Fsp3) is 0.294. The van der Waals surface area contributed by atoms with Crippen LogP contribution in [0.5, 0.6) is 0 Å². The van der Waals surface area contributed by atoms with Gasteiger partial charge in [-0.2, -0.15) is 5.10 Å². The molecule has 1 aliphatic rings. The van der Waals surface area contributed by atoms with Crippen LogP contribution < -0.4 is 4.90 Å². The van der Waals surface area contributed by atoms with Crippen molar-refractivity contribution in [2.24, 2.45) is 5.10 Å². The minimum atomic E-state index is -0.0201. The summed E-state index contributed by atoms with van der Waals surface area (Å²) in [6.07, 6.45) is 0.765. The topological polar surface area (TPSA) is 35.9 Å². The quantitative estimate of drug-likeness (QED) is 0.869. The first-order valence-corrected chi connectivity index (χ1v) is 8.12. The van der Waals surface area contributed by atoms with Crippen LogP contribution >= 0.6 is 11.3 Å². The molecule has 0 N–H and O–H groups in total. The minimum Gasteiger partial charge on any atom is -0.378 e. The third-order valence-corrected chi connectivity index (χ3v) is 4.75. The minimum absolute atomic E-state index is 0.00851. The van der Waals surface area contributed by atoms with Gasteiger partial charge >= 0.3 is 0 Å². The molecule has 1 aromatic carbocycles. The van der Waals surface area contributed by atoms with E-state index in [1.165, 1.54) is 0 Å². The standard InChI is InChI=1S/C17H19N3OS/c1-12(21)20-16(11-15(18-20)17-5-4-10-22-17)13-6-8-14(9-7-13)19(2)3/h4-10,16H,11H2,1-3H3/t16-/m0/s1. The van der Waals surface area contributed by atoms with E-state index in [1.54, 1.807) is 23.3 Å². The molecule has 0 unspecified atom stereocenters. The molecule has 1 aliphatic heterocycles. The molecule has 2 heterocycles. The molecule has 5 heteroatoms. The smallest absolute Gasteiger partial charge is 0.240 e. The lowest BCUT2D eigenvalue weighted by atomic mass is 10.0. The van der Waals surface area contributed by atoms with Gasteiger partial charge in [0.1, 0.15) is 0 Å². The maximum absolute atomic E-state index is 11.9. The second-order valence-electron chi connectivity index (χ2n) is 5.59. The van der Waals surface area contributed by atoms with Gasteiger partial charge in [-0.25, -0.2) is 5.01 Å². The lowest BCUT2D eigenvalue weighted by Crippen LogP contribution is -2.24. The SMILES string of the molecule is CC(=O)N1N=C(c2cccs2)C[C@H]1c1ccc(N(C)C)cc1. The zero-order valence-corrected chi connectivity index (χ0v) is 13.8. The van der Waals surface area contributed by atoms with Crippen LogP contribution in [0.25, 0.3) is 0 Å². The van der Waals surface area contributed by atoms with Gasteiger partial charge in [-0.1, -0.05) is 18.2 Å². The summed E-state index contributed by atoms with van der Waals surface area (Å²) in [5.41, 5.74) is 3.26. The van der Waals surface area contributed by atoms with E-state index < -0.39 is 0 Å². The lowest BCUT2D eigenvalue weighted by Gasteiger charge is -2.21. The Labute approximate surface area is 134 Å². The summed E-state index contributed by atoms with van der Waals surface area (Å²) >= 11 is 1.66. The second-order valence-corrected chi connectivity index (χ2v) is 6.54. The van der Waals surface area contributed by atoms with Crippen LogP contribution in [0.15, 0.2) is 46.9 Å². The fourth-order valence-corrected chi connectivity index (χ4v) is 3.37. The van der Waals surface area contributed by atoms with E-state index in [0.29, 0.717) is 0 Å². The van der Waals surface area contributed by atoms with Gasteiger partial charge in [0.15, 0.2) is 0 Å². The third-order valence-electron chi connectivity index (χ3n) is 3.83. The fourth-order valence-electron chi connectivity index (χ4n) is 2.65.